The number of aliphatic hydroxyl groups is 1. The number of rotatable bonds is 81. The maximum atomic E-state index is 13.1. The smallest absolute Gasteiger partial charge is 0.462 e. The molecule has 0 radical (unpaired) electrons. The third-order valence-corrected chi connectivity index (χ3v) is 21.3. The summed E-state index contributed by atoms with van der Waals surface area (Å²) >= 11 is 0. The third-order valence-electron chi connectivity index (χ3n) is 19.4. The van der Waals surface area contributed by atoms with E-state index in [1.807, 2.05) is 0 Å². The van der Waals surface area contributed by atoms with Gasteiger partial charge in [0, 0.05) is 25.7 Å². The maximum absolute atomic E-state index is 13.1. The highest BCUT2D eigenvalue weighted by Gasteiger charge is 2.30. The monoisotopic (exact) mass is 1470 g/mol. The maximum Gasteiger partial charge on any atom is 0.472 e. The standard InChI is InChI=1S/C81H158O17P2/c1-6-10-13-16-19-22-25-28-30-31-32-33-34-35-37-40-47-52-57-62-67-81(86)98-77(71-92-79(84)65-60-55-50-45-42-41-43-48-53-58-63-74(5)9-4)73-96-100(89,90)94-69-75(82)68-93-99(87,88)95-72-76(70-91-78(83)64-59-54-49-44-38-27-24-21-18-15-12-8-3)97-80(85)66-61-56-51-46-39-36-29-26-23-20-17-14-11-7-2/h74-77,82H,6-73H2,1-5H3,(H,87,88)(H,89,90)/t74?,75-,76+,77+/m0/s1. The van der Waals surface area contributed by atoms with Gasteiger partial charge in [0.15, 0.2) is 12.2 Å². The first-order valence-electron chi connectivity index (χ1n) is 42.2. The molecule has 594 valence electrons. The molecular weight excluding hydrogens is 1310 g/mol. The number of ether oxygens (including phenoxy) is 4. The van der Waals surface area contributed by atoms with Crippen LogP contribution in [0.15, 0.2) is 0 Å². The molecular formula is C81H158O17P2. The van der Waals surface area contributed by atoms with Crippen LogP contribution < -0.4 is 0 Å². The van der Waals surface area contributed by atoms with Crippen molar-refractivity contribution in [2.45, 2.75) is 451 Å². The molecule has 0 aliphatic heterocycles. The molecule has 0 aromatic rings. The fraction of sp³-hybridized carbons (Fsp3) is 0.951. The van der Waals surface area contributed by atoms with Gasteiger partial charge < -0.3 is 33.8 Å². The van der Waals surface area contributed by atoms with Gasteiger partial charge >= 0.3 is 39.5 Å². The molecule has 19 heteroatoms. The van der Waals surface area contributed by atoms with Crippen LogP contribution in [0.3, 0.4) is 0 Å². The molecule has 0 aromatic heterocycles. The molecule has 0 aliphatic carbocycles. The zero-order chi connectivity index (χ0) is 73.4. The predicted octanol–water partition coefficient (Wildman–Crippen LogP) is 24.4. The summed E-state index contributed by atoms with van der Waals surface area (Å²) in [5, 5.41) is 10.6. The number of phosphoric ester groups is 2. The molecule has 3 N–H and O–H groups in total. The second kappa shape index (κ2) is 73.9. The molecule has 0 spiro atoms. The number of carbonyl (C=O) groups excluding carboxylic acids is 4. The molecule has 0 fully saturated rings. The Kier molecular flexibility index (Phi) is 72.5. The van der Waals surface area contributed by atoms with Crippen molar-refractivity contribution in [3.63, 3.8) is 0 Å². The van der Waals surface area contributed by atoms with E-state index in [1.54, 1.807) is 0 Å². The van der Waals surface area contributed by atoms with E-state index >= 15 is 0 Å². The van der Waals surface area contributed by atoms with Crippen LogP contribution in [-0.2, 0) is 65.4 Å². The summed E-state index contributed by atoms with van der Waals surface area (Å²) in [6, 6.07) is 0. The minimum atomic E-state index is -4.96. The second-order valence-electron chi connectivity index (χ2n) is 29.4. The first kappa shape index (κ1) is 98.1. The van der Waals surface area contributed by atoms with Crippen LogP contribution in [0.25, 0.3) is 0 Å². The van der Waals surface area contributed by atoms with Gasteiger partial charge in [-0.2, -0.15) is 0 Å². The van der Waals surface area contributed by atoms with Crippen LogP contribution in [0.5, 0.6) is 0 Å². The number of hydrogen-bond acceptors (Lipinski definition) is 15. The summed E-state index contributed by atoms with van der Waals surface area (Å²) in [6.07, 6.45) is 65.0. The van der Waals surface area contributed by atoms with E-state index in [-0.39, 0.29) is 25.7 Å². The summed E-state index contributed by atoms with van der Waals surface area (Å²) in [6.45, 7) is 7.36. The Bertz CT molecular complexity index is 1910. The van der Waals surface area contributed by atoms with Gasteiger partial charge in [-0.3, -0.25) is 37.3 Å². The number of phosphoric acid groups is 2. The van der Waals surface area contributed by atoms with Crippen molar-refractivity contribution in [1.29, 1.82) is 0 Å². The SMILES string of the molecule is CCCCCCCCCCCCCCCCCCCCCCC(=O)O[C@H](COC(=O)CCCCCCCCCCCCC(C)CC)COP(=O)(O)OC[C@@H](O)COP(=O)(O)OC[C@@H](COC(=O)CCCCCCCCCCCCCC)OC(=O)CCCCCCCCCCCCCCCC. The molecule has 3 unspecified atom stereocenters. The minimum absolute atomic E-state index is 0.109. The van der Waals surface area contributed by atoms with E-state index in [0.29, 0.717) is 25.7 Å². The van der Waals surface area contributed by atoms with E-state index in [2.05, 4.69) is 34.6 Å². The average molecular weight is 1470 g/mol. The molecule has 100 heavy (non-hydrogen) atoms. The molecule has 0 aliphatic rings. The molecule has 0 saturated heterocycles. The summed E-state index contributed by atoms with van der Waals surface area (Å²) in [5.74, 6) is -1.29. The summed E-state index contributed by atoms with van der Waals surface area (Å²) in [7, 11) is -9.92. The Labute approximate surface area is 613 Å². The summed E-state index contributed by atoms with van der Waals surface area (Å²) in [5.41, 5.74) is 0. The fourth-order valence-corrected chi connectivity index (χ4v) is 14.1. The minimum Gasteiger partial charge on any atom is -0.462 e. The van der Waals surface area contributed by atoms with E-state index in [0.717, 1.165) is 95.8 Å². The molecule has 0 saturated carbocycles. The molecule has 0 bridgehead atoms. The number of aliphatic hydroxyl groups excluding tert-OH is 1. The van der Waals surface area contributed by atoms with Gasteiger partial charge in [0.05, 0.1) is 26.4 Å². The van der Waals surface area contributed by atoms with Crippen molar-refractivity contribution in [2.24, 2.45) is 5.92 Å². The first-order chi connectivity index (χ1) is 48.6. The lowest BCUT2D eigenvalue weighted by atomic mass is 9.99. The van der Waals surface area contributed by atoms with Gasteiger partial charge in [0.25, 0.3) is 0 Å². The lowest BCUT2D eigenvalue weighted by Gasteiger charge is -2.21. The van der Waals surface area contributed by atoms with Crippen molar-refractivity contribution in [3.8, 4) is 0 Å². The second-order valence-corrected chi connectivity index (χ2v) is 32.3. The molecule has 0 amide bonds. The van der Waals surface area contributed by atoms with E-state index in [9.17, 15) is 43.2 Å². The van der Waals surface area contributed by atoms with Gasteiger partial charge in [0.1, 0.15) is 19.3 Å². The highest BCUT2D eigenvalue weighted by Crippen LogP contribution is 2.45. The first-order valence-corrected chi connectivity index (χ1v) is 45.2. The van der Waals surface area contributed by atoms with Crippen LogP contribution in [-0.4, -0.2) is 96.7 Å². The zero-order valence-corrected chi connectivity index (χ0v) is 67.1. The third kappa shape index (κ3) is 73.0. The lowest BCUT2D eigenvalue weighted by molar-refractivity contribution is -0.161. The van der Waals surface area contributed by atoms with Gasteiger partial charge in [-0.1, -0.05) is 381 Å². The van der Waals surface area contributed by atoms with E-state index in [1.165, 1.54) is 257 Å². The van der Waals surface area contributed by atoms with Crippen molar-refractivity contribution in [1.82, 2.24) is 0 Å². The Hall–Kier alpha value is -1.94. The average Bonchev–Trinajstić information content (AvgIpc) is 0.951. The van der Waals surface area contributed by atoms with Crippen molar-refractivity contribution in [2.75, 3.05) is 39.6 Å². The predicted molar refractivity (Wildman–Crippen MR) is 409 cm³/mol. The number of esters is 4. The van der Waals surface area contributed by atoms with Crippen molar-refractivity contribution >= 4 is 39.5 Å². The van der Waals surface area contributed by atoms with Crippen LogP contribution in [0.4, 0.5) is 0 Å². The van der Waals surface area contributed by atoms with Gasteiger partial charge in [-0.15, -0.1) is 0 Å². The van der Waals surface area contributed by atoms with Gasteiger partial charge in [-0.25, -0.2) is 9.13 Å². The highest BCUT2D eigenvalue weighted by molar-refractivity contribution is 7.47. The number of carbonyl (C=O) groups is 4. The quantitative estimate of drug-likeness (QED) is 0.0222. The topological polar surface area (TPSA) is 237 Å². The Morgan fingerprint density at radius 3 is 0.710 bits per heavy atom. The van der Waals surface area contributed by atoms with Crippen LogP contribution >= 0.6 is 15.6 Å². The van der Waals surface area contributed by atoms with Crippen molar-refractivity contribution < 1.29 is 80.2 Å². The van der Waals surface area contributed by atoms with E-state index < -0.39 is 97.5 Å². The molecule has 0 rings (SSSR count). The molecule has 17 nitrogen and oxygen atoms in total. The Balaban J connectivity index is 5.24. The molecule has 6 atom stereocenters. The van der Waals surface area contributed by atoms with Crippen LogP contribution in [0.1, 0.15) is 433 Å². The van der Waals surface area contributed by atoms with Gasteiger partial charge in [-0.05, 0) is 31.6 Å². The largest absolute Gasteiger partial charge is 0.472 e. The Morgan fingerprint density at radius 1 is 0.280 bits per heavy atom. The van der Waals surface area contributed by atoms with Gasteiger partial charge in [0.2, 0.25) is 0 Å². The lowest BCUT2D eigenvalue weighted by Crippen LogP contribution is -2.30. The zero-order valence-electron chi connectivity index (χ0n) is 65.3. The fourth-order valence-electron chi connectivity index (χ4n) is 12.6. The summed E-state index contributed by atoms with van der Waals surface area (Å²) < 4.78 is 68.7. The molecule has 0 aromatic carbocycles. The summed E-state index contributed by atoms with van der Waals surface area (Å²) in [4.78, 5) is 73.0. The van der Waals surface area contributed by atoms with E-state index in [4.69, 9.17) is 37.0 Å². The number of unbranched alkanes of at least 4 members (excludes halogenated alkanes) is 52. The normalized spacial score (nSPS) is 14.1. The van der Waals surface area contributed by atoms with Crippen LogP contribution in [0, 0.1) is 5.92 Å². The Morgan fingerprint density at radius 2 is 0.480 bits per heavy atom. The number of hydrogen-bond donors (Lipinski definition) is 3. The highest BCUT2D eigenvalue weighted by atomic mass is 31.2. The molecule has 0 heterocycles. The van der Waals surface area contributed by atoms with Crippen LogP contribution in [0.2, 0.25) is 0 Å². The van der Waals surface area contributed by atoms with Crippen molar-refractivity contribution in [3.05, 3.63) is 0 Å².